The van der Waals surface area contributed by atoms with Gasteiger partial charge in [-0.15, -0.1) is 0 Å². The Balaban J connectivity index is 1.95. The fourth-order valence-corrected chi connectivity index (χ4v) is 3.80. The molecule has 0 aromatic heterocycles. The number of aromatic hydroxyl groups is 1. The third kappa shape index (κ3) is 4.73. The van der Waals surface area contributed by atoms with Crippen LogP contribution in [0.1, 0.15) is 16.7 Å². The van der Waals surface area contributed by atoms with E-state index in [0.717, 1.165) is 29.3 Å². The summed E-state index contributed by atoms with van der Waals surface area (Å²) in [7, 11) is 0. The van der Waals surface area contributed by atoms with Crippen molar-refractivity contribution in [2.75, 3.05) is 0 Å². The van der Waals surface area contributed by atoms with Crippen LogP contribution in [0.4, 0.5) is 13.2 Å². The molecule has 4 aromatic rings. The molecule has 0 aliphatic rings. The summed E-state index contributed by atoms with van der Waals surface area (Å²) >= 11 is 0. The Morgan fingerprint density at radius 1 is 0.971 bits per heavy atom. The van der Waals surface area contributed by atoms with Crippen LogP contribution < -0.4 is 4.74 Å². The number of hydrogen-bond acceptors (Lipinski definition) is 3. The summed E-state index contributed by atoms with van der Waals surface area (Å²) in [6.45, 7) is 1.82. The number of fused-ring (bicyclic) bond motifs is 1. The molecule has 2 N–H and O–H groups in total. The van der Waals surface area contributed by atoms with Gasteiger partial charge in [0, 0.05) is 17.0 Å². The van der Waals surface area contributed by atoms with E-state index < -0.39 is 23.5 Å². The van der Waals surface area contributed by atoms with Crippen LogP contribution in [0.3, 0.4) is 0 Å². The molecule has 0 saturated carbocycles. The number of carboxylic acids is 1. The minimum atomic E-state index is -4.74. The van der Waals surface area contributed by atoms with E-state index in [9.17, 15) is 23.1 Å². The van der Waals surface area contributed by atoms with E-state index in [2.05, 4.69) is 0 Å². The van der Waals surface area contributed by atoms with E-state index in [0.29, 0.717) is 16.3 Å². The smallest absolute Gasteiger partial charge is 0.420 e. The first kappa shape index (κ1) is 22.9. The Morgan fingerprint density at radius 2 is 1.71 bits per heavy atom. The predicted octanol–water partition coefficient (Wildman–Crippen LogP) is 7.43. The highest BCUT2D eigenvalue weighted by Crippen LogP contribution is 2.45. The van der Waals surface area contributed by atoms with Crippen molar-refractivity contribution in [3.63, 3.8) is 0 Å². The third-order valence-corrected chi connectivity index (χ3v) is 5.28. The Kier molecular flexibility index (Phi) is 6.03. The van der Waals surface area contributed by atoms with Crippen molar-refractivity contribution in [3.05, 3.63) is 95.6 Å². The molecule has 7 heteroatoms. The summed E-state index contributed by atoms with van der Waals surface area (Å²) in [5.41, 5.74) is 1.19. The zero-order valence-corrected chi connectivity index (χ0v) is 17.9. The second-order valence-electron chi connectivity index (χ2n) is 7.70. The number of carbonyl (C=O) groups is 1. The van der Waals surface area contributed by atoms with Crippen LogP contribution in [0.25, 0.3) is 28.0 Å². The maximum Gasteiger partial charge on any atom is 0.420 e. The lowest BCUT2D eigenvalue weighted by Crippen LogP contribution is -2.08. The van der Waals surface area contributed by atoms with Gasteiger partial charge in [0.05, 0.1) is 5.56 Å². The van der Waals surface area contributed by atoms with Crippen molar-refractivity contribution >= 4 is 22.8 Å². The van der Waals surface area contributed by atoms with Gasteiger partial charge in [0.15, 0.2) is 0 Å². The van der Waals surface area contributed by atoms with Crippen LogP contribution in [-0.4, -0.2) is 16.2 Å². The average molecular weight is 464 g/mol. The average Bonchev–Trinajstić information content (AvgIpc) is 2.78. The van der Waals surface area contributed by atoms with Crippen LogP contribution in [0.2, 0.25) is 0 Å². The lowest BCUT2D eigenvalue weighted by molar-refractivity contribution is -0.138. The number of alkyl halides is 3. The summed E-state index contributed by atoms with van der Waals surface area (Å²) in [6, 6.07) is 19.0. The highest BCUT2D eigenvalue weighted by molar-refractivity contribution is 5.97. The van der Waals surface area contributed by atoms with Crippen LogP contribution in [0, 0.1) is 6.92 Å². The second kappa shape index (κ2) is 8.94. The molecule has 0 saturated heterocycles. The molecule has 0 amide bonds. The molecule has 0 bridgehead atoms. The number of aryl methyl sites for hydroxylation is 1. The number of aliphatic carboxylic acids is 1. The lowest BCUT2D eigenvalue weighted by Gasteiger charge is -2.20. The minimum Gasteiger partial charge on any atom is -0.508 e. The Hall–Kier alpha value is -4.26. The highest BCUT2D eigenvalue weighted by atomic mass is 19.4. The number of carboxylic acid groups (broad SMARTS) is 1. The molecule has 4 nitrogen and oxygen atoms in total. The largest absolute Gasteiger partial charge is 0.508 e. The van der Waals surface area contributed by atoms with Crippen LogP contribution in [0.15, 0.2) is 78.9 Å². The summed E-state index contributed by atoms with van der Waals surface area (Å²) in [6.07, 6.45) is -2.89. The minimum absolute atomic E-state index is 0.0239. The van der Waals surface area contributed by atoms with Gasteiger partial charge >= 0.3 is 12.1 Å². The van der Waals surface area contributed by atoms with Crippen molar-refractivity contribution in [2.24, 2.45) is 0 Å². The number of hydrogen-bond donors (Lipinski definition) is 2. The van der Waals surface area contributed by atoms with E-state index in [4.69, 9.17) is 9.84 Å². The SMILES string of the molecule is Cc1cc2cc(O)ccc2c(Oc2ccc(/C=C/C(=O)O)cc2C(F)(F)F)c1-c1ccccc1. The normalized spacial score (nSPS) is 11.8. The monoisotopic (exact) mass is 464 g/mol. The maximum absolute atomic E-state index is 13.9. The molecule has 4 rings (SSSR count). The van der Waals surface area contributed by atoms with Gasteiger partial charge in [0.2, 0.25) is 0 Å². The van der Waals surface area contributed by atoms with Crippen LogP contribution in [-0.2, 0) is 11.0 Å². The molecular weight excluding hydrogens is 445 g/mol. The van der Waals surface area contributed by atoms with Gasteiger partial charge in [0.25, 0.3) is 0 Å². The topological polar surface area (TPSA) is 66.8 Å². The Morgan fingerprint density at radius 3 is 2.38 bits per heavy atom. The van der Waals surface area contributed by atoms with E-state index in [1.54, 1.807) is 6.07 Å². The first-order valence-corrected chi connectivity index (χ1v) is 10.3. The molecule has 0 spiro atoms. The van der Waals surface area contributed by atoms with Gasteiger partial charge in [0.1, 0.15) is 17.2 Å². The molecule has 34 heavy (non-hydrogen) atoms. The number of phenolic OH excluding ortho intramolecular Hbond substituents is 1. The number of halogens is 3. The molecule has 0 radical (unpaired) electrons. The fourth-order valence-electron chi connectivity index (χ4n) is 3.80. The standard InChI is InChI=1S/C27H19F3O4/c1-16-13-19-15-20(31)9-10-21(19)26(25(16)18-5-3-2-4-6-18)34-23-11-7-17(8-12-24(32)33)14-22(23)27(28,29)30/h2-15,31H,1H3,(H,32,33)/b12-8+. The molecule has 0 unspecified atom stereocenters. The van der Waals surface area contributed by atoms with E-state index in [1.165, 1.54) is 24.3 Å². The third-order valence-electron chi connectivity index (χ3n) is 5.28. The lowest BCUT2D eigenvalue weighted by atomic mass is 9.94. The van der Waals surface area contributed by atoms with Gasteiger partial charge in [-0.2, -0.15) is 13.2 Å². The zero-order valence-electron chi connectivity index (χ0n) is 17.9. The van der Waals surface area contributed by atoms with E-state index in [1.807, 2.05) is 43.3 Å². The first-order valence-electron chi connectivity index (χ1n) is 10.3. The molecule has 0 atom stereocenters. The summed E-state index contributed by atoms with van der Waals surface area (Å²) in [5, 5.41) is 19.9. The summed E-state index contributed by atoms with van der Waals surface area (Å²) < 4.78 is 47.8. The second-order valence-corrected chi connectivity index (χ2v) is 7.70. The van der Waals surface area contributed by atoms with Gasteiger partial charge in [-0.05, 0) is 65.4 Å². The molecule has 0 heterocycles. The van der Waals surface area contributed by atoms with Crippen molar-refractivity contribution in [1.29, 1.82) is 0 Å². The first-order chi connectivity index (χ1) is 16.1. The van der Waals surface area contributed by atoms with Crippen LogP contribution in [0.5, 0.6) is 17.2 Å². The molecule has 0 aliphatic carbocycles. The molecule has 172 valence electrons. The van der Waals surface area contributed by atoms with E-state index in [-0.39, 0.29) is 17.1 Å². The Labute approximate surface area is 193 Å². The predicted molar refractivity (Wildman–Crippen MR) is 124 cm³/mol. The zero-order chi connectivity index (χ0) is 24.5. The quantitative estimate of drug-likeness (QED) is 0.302. The molecule has 0 aliphatic heterocycles. The Bertz CT molecular complexity index is 1410. The van der Waals surface area contributed by atoms with Crippen molar-refractivity contribution < 1.29 is 32.9 Å². The number of phenols is 1. The molecule has 4 aromatic carbocycles. The number of rotatable bonds is 5. The van der Waals surface area contributed by atoms with Crippen LogP contribution >= 0.6 is 0 Å². The van der Waals surface area contributed by atoms with Crippen molar-refractivity contribution in [2.45, 2.75) is 13.1 Å². The fraction of sp³-hybridized carbons (Fsp3) is 0.0741. The van der Waals surface area contributed by atoms with Gasteiger partial charge < -0.3 is 14.9 Å². The highest BCUT2D eigenvalue weighted by Gasteiger charge is 2.35. The number of ether oxygens (including phenoxy) is 1. The van der Waals surface area contributed by atoms with Gasteiger partial charge in [-0.1, -0.05) is 42.5 Å². The maximum atomic E-state index is 13.9. The van der Waals surface area contributed by atoms with Crippen molar-refractivity contribution in [1.82, 2.24) is 0 Å². The van der Waals surface area contributed by atoms with Crippen molar-refractivity contribution in [3.8, 4) is 28.4 Å². The molecule has 0 fully saturated rings. The van der Waals surface area contributed by atoms with Gasteiger partial charge in [-0.25, -0.2) is 4.79 Å². The molecular formula is C27H19F3O4. The van der Waals surface area contributed by atoms with E-state index >= 15 is 0 Å². The summed E-state index contributed by atoms with van der Waals surface area (Å²) in [4.78, 5) is 10.8. The summed E-state index contributed by atoms with van der Waals surface area (Å²) in [5.74, 6) is -1.44. The van der Waals surface area contributed by atoms with Gasteiger partial charge in [-0.3, -0.25) is 0 Å². The number of benzene rings is 4.